The number of rotatable bonds is 6. The monoisotopic (exact) mass is 733 g/mol. The van der Waals surface area contributed by atoms with Gasteiger partial charge in [0.05, 0.1) is 11.4 Å². The van der Waals surface area contributed by atoms with Crippen LogP contribution in [-0.2, 0) is 11.8 Å². The second kappa shape index (κ2) is 14.3. The van der Waals surface area contributed by atoms with Crippen LogP contribution in [0.2, 0.25) is 0 Å². The molecule has 0 bridgehead atoms. The number of benzene rings is 8. The van der Waals surface area contributed by atoms with Gasteiger partial charge in [-0.25, -0.2) is 0 Å². The molecule has 0 amide bonds. The molecule has 57 heavy (non-hydrogen) atoms. The summed E-state index contributed by atoms with van der Waals surface area (Å²) in [6, 6.07) is 66.1. The predicted octanol–water partition coefficient (Wildman–Crippen LogP) is 14.5. The molecule has 0 radical (unpaired) electrons. The molecule has 0 atom stereocenters. The molecule has 0 saturated carbocycles. The smallest absolute Gasteiger partial charge is 0.131 e. The maximum atomic E-state index is 6.46. The summed E-state index contributed by atoms with van der Waals surface area (Å²) < 4.78 is 6.46. The third kappa shape index (κ3) is 6.06. The van der Waals surface area contributed by atoms with Gasteiger partial charge in [-0.2, -0.15) is 0 Å². The number of hydrogen-bond acceptors (Lipinski definition) is 2. The van der Waals surface area contributed by atoms with E-state index in [1.54, 1.807) is 0 Å². The fourth-order valence-corrected chi connectivity index (χ4v) is 9.14. The van der Waals surface area contributed by atoms with Gasteiger partial charge in [0.1, 0.15) is 12.4 Å². The topological polar surface area (TPSA) is 12.5 Å². The van der Waals surface area contributed by atoms with E-state index in [-0.39, 0.29) is 5.41 Å². The molecule has 0 unspecified atom stereocenters. The van der Waals surface area contributed by atoms with Crippen molar-refractivity contribution in [3.63, 3.8) is 0 Å². The number of hydrogen-bond donors (Lipinski definition) is 0. The summed E-state index contributed by atoms with van der Waals surface area (Å²) in [6.45, 7) is 5.22. The van der Waals surface area contributed by atoms with E-state index < -0.39 is 0 Å². The van der Waals surface area contributed by atoms with Crippen molar-refractivity contribution in [1.82, 2.24) is 0 Å². The summed E-state index contributed by atoms with van der Waals surface area (Å²) in [5.41, 5.74) is 17.0. The lowest BCUT2D eigenvalue weighted by Crippen LogP contribution is -2.16. The van der Waals surface area contributed by atoms with E-state index in [0.717, 1.165) is 45.8 Å². The lowest BCUT2D eigenvalue weighted by molar-refractivity contribution is 0.364. The molecule has 2 heteroatoms. The molecule has 0 N–H and O–H groups in total. The summed E-state index contributed by atoms with van der Waals surface area (Å²) in [5.74, 6) is 0.971. The van der Waals surface area contributed by atoms with Crippen molar-refractivity contribution in [1.29, 1.82) is 0 Å². The number of fused-ring (bicyclic) bond motifs is 6. The number of para-hydroxylation sites is 2. The Hall–Kier alpha value is -6.90. The van der Waals surface area contributed by atoms with Crippen LogP contribution in [0, 0.1) is 0 Å². The summed E-state index contributed by atoms with van der Waals surface area (Å²) in [6.07, 6.45) is 7.49. The highest BCUT2D eigenvalue weighted by atomic mass is 16.5. The average Bonchev–Trinajstić information content (AvgIpc) is 3.56. The third-order valence-electron chi connectivity index (χ3n) is 11.8. The van der Waals surface area contributed by atoms with Crippen molar-refractivity contribution >= 4 is 33.4 Å². The van der Waals surface area contributed by atoms with Crippen LogP contribution in [0.3, 0.4) is 0 Å². The average molecular weight is 734 g/mol. The highest BCUT2D eigenvalue weighted by Gasteiger charge is 2.37. The third-order valence-corrected chi connectivity index (χ3v) is 11.8. The van der Waals surface area contributed by atoms with Gasteiger partial charge >= 0.3 is 0 Å². The standard InChI is InChI=1S/C55H43NO/c1-55(2)50-26-11-8-23-48(50)49-25-14-24-46(53(49)55)41-33-35-43(36-34-41)56(51-27-12-9-20-44(51)38-16-4-3-5-17-38)52-28-13-10-21-45(52)39-19-15-37-57-54-42(31-29-39)32-30-40-18-6-7-22-47(40)54/h3-30,32-36H,31,37H2,1-2H3/b19-15-,39-29+. The van der Waals surface area contributed by atoms with Crippen molar-refractivity contribution in [2.24, 2.45) is 0 Å². The SMILES string of the molecule is CC1(C)c2ccccc2-c2cccc(-c3ccc(N(c4ccccc4C4=C/Cc5ccc6ccccc6c5OC/C=C\4)c4ccccc4-c4ccccc4)cc3)c21. The minimum absolute atomic E-state index is 0.100. The normalized spacial score (nSPS) is 15.4. The first-order valence-electron chi connectivity index (χ1n) is 19.9. The van der Waals surface area contributed by atoms with E-state index in [9.17, 15) is 0 Å². The molecular weight excluding hydrogens is 691 g/mol. The molecule has 1 aliphatic heterocycles. The van der Waals surface area contributed by atoms with Gasteiger partial charge < -0.3 is 9.64 Å². The zero-order valence-electron chi connectivity index (χ0n) is 32.3. The van der Waals surface area contributed by atoms with E-state index in [4.69, 9.17) is 4.74 Å². The first-order valence-corrected chi connectivity index (χ1v) is 19.9. The first kappa shape index (κ1) is 34.6. The minimum Gasteiger partial charge on any atom is -0.489 e. The van der Waals surface area contributed by atoms with Gasteiger partial charge in [0, 0.05) is 27.6 Å². The summed E-state index contributed by atoms with van der Waals surface area (Å²) in [5, 5.41) is 2.35. The van der Waals surface area contributed by atoms with Gasteiger partial charge in [-0.05, 0) is 92.2 Å². The molecule has 2 aliphatic rings. The van der Waals surface area contributed by atoms with Crippen LogP contribution in [0.25, 0.3) is 49.7 Å². The summed E-state index contributed by atoms with van der Waals surface area (Å²) in [4.78, 5) is 2.44. The molecule has 2 nitrogen and oxygen atoms in total. The van der Waals surface area contributed by atoms with Crippen LogP contribution >= 0.6 is 0 Å². The zero-order chi connectivity index (χ0) is 38.3. The Balaban J connectivity index is 1.11. The van der Waals surface area contributed by atoms with Crippen molar-refractivity contribution in [3.8, 4) is 39.1 Å². The van der Waals surface area contributed by atoms with Crippen LogP contribution in [0.1, 0.15) is 36.1 Å². The van der Waals surface area contributed by atoms with Crippen LogP contribution in [0.4, 0.5) is 17.1 Å². The number of allylic oxidation sites excluding steroid dienone is 3. The van der Waals surface area contributed by atoms with Crippen LogP contribution in [0.15, 0.2) is 200 Å². The van der Waals surface area contributed by atoms with E-state index in [0.29, 0.717) is 6.61 Å². The van der Waals surface area contributed by atoms with Gasteiger partial charge in [0.25, 0.3) is 0 Å². The zero-order valence-corrected chi connectivity index (χ0v) is 32.3. The van der Waals surface area contributed by atoms with Gasteiger partial charge in [0.2, 0.25) is 0 Å². The maximum Gasteiger partial charge on any atom is 0.131 e. The molecule has 1 aliphatic carbocycles. The molecular formula is C55H43NO. The molecule has 0 fully saturated rings. The fourth-order valence-electron chi connectivity index (χ4n) is 9.14. The van der Waals surface area contributed by atoms with Gasteiger partial charge in [-0.15, -0.1) is 0 Å². The molecule has 10 rings (SSSR count). The largest absolute Gasteiger partial charge is 0.489 e. The second-order valence-electron chi connectivity index (χ2n) is 15.5. The highest BCUT2D eigenvalue weighted by Crippen LogP contribution is 2.52. The quantitative estimate of drug-likeness (QED) is 0.169. The van der Waals surface area contributed by atoms with Crippen molar-refractivity contribution in [2.75, 3.05) is 11.5 Å². The van der Waals surface area contributed by atoms with Crippen LogP contribution in [-0.4, -0.2) is 6.61 Å². The Morgan fingerprint density at radius 1 is 0.509 bits per heavy atom. The number of anilines is 3. The maximum absolute atomic E-state index is 6.46. The number of nitrogens with zero attached hydrogens (tertiary/aromatic N) is 1. The molecule has 0 aromatic heterocycles. The highest BCUT2D eigenvalue weighted by molar-refractivity contribution is 5.95. The Bertz CT molecular complexity index is 2840. The lowest BCUT2D eigenvalue weighted by Gasteiger charge is -2.30. The van der Waals surface area contributed by atoms with Gasteiger partial charge in [0.15, 0.2) is 0 Å². The molecule has 0 spiro atoms. The second-order valence-corrected chi connectivity index (χ2v) is 15.5. The van der Waals surface area contributed by atoms with Crippen molar-refractivity contribution in [3.05, 3.63) is 222 Å². The molecule has 8 aromatic carbocycles. The first-order chi connectivity index (χ1) is 28.1. The molecule has 8 aromatic rings. The lowest BCUT2D eigenvalue weighted by atomic mass is 9.79. The summed E-state index contributed by atoms with van der Waals surface area (Å²) >= 11 is 0. The van der Waals surface area contributed by atoms with Crippen molar-refractivity contribution in [2.45, 2.75) is 25.7 Å². The molecule has 0 saturated heterocycles. The van der Waals surface area contributed by atoms with E-state index in [2.05, 4.69) is 219 Å². The van der Waals surface area contributed by atoms with Gasteiger partial charge in [-0.3, -0.25) is 0 Å². The van der Waals surface area contributed by atoms with E-state index in [1.807, 2.05) is 0 Å². The van der Waals surface area contributed by atoms with Crippen LogP contribution in [0.5, 0.6) is 5.75 Å². The van der Waals surface area contributed by atoms with E-state index >= 15 is 0 Å². The number of ether oxygens (including phenoxy) is 1. The Morgan fingerprint density at radius 2 is 1.14 bits per heavy atom. The Kier molecular flexibility index (Phi) is 8.68. The Labute approximate surface area is 335 Å². The summed E-state index contributed by atoms with van der Waals surface area (Å²) in [7, 11) is 0. The minimum atomic E-state index is -0.100. The Morgan fingerprint density at radius 3 is 1.96 bits per heavy atom. The van der Waals surface area contributed by atoms with Crippen molar-refractivity contribution < 1.29 is 4.74 Å². The van der Waals surface area contributed by atoms with Gasteiger partial charge in [-0.1, -0.05) is 184 Å². The molecule has 1 heterocycles. The van der Waals surface area contributed by atoms with E-state index in [1.165, 1.54) is 55.5 Å². The predicted molar refractivity (Wildman–Crippen MR) is 240 cm³/mol. The fraction of sp³-hybridized carbons (Fsp3) is 0.0909. The molecule has 274 valence electrons. The van der Waals surface area contributed by atoms with Crippen LogP contribution < -0.4 is 9.64 Å².